The molecule has 0 amide bonds. The van der Waals surface area contributed by atoms with Gasteiger partial charge in [-0.05, 0) is 48.2 Å². The van der Waals surface area contributed by atoms with Crippen molar-refractivity contribution in [2.45, 2.75) is 32.8 Å². The summed E-state index contributed by atoms with van der Waals surface area (Å²) in [5, 5.41) is 11.0. The first-order chi connectivity index (χ1) is 9.60. The molecule has 0 aliphatic heterocycles. The fourth-order valence-corrected chi connectivity index (χ4v) is 2.27. The summed E-state index contributed by atoms with van der Waals surface area (Å²) in [6.07, 6.45) is 2.10. The van der Waals surface area contributed by atoms with Crippen molar-refractivity contribution >= 4 is 16.7 Å². The molecule has 0 fully saturated rings. The highest BCUT2D eigenvalue weighted by molar-refractivity contribution is 5.94. The first-order valence-electron chi connectivity index (χ1n) is 6.97. The van der Waals surface area contributed by atoms with Gasteiger partial charge < -0.3 is 9.84 Å². The normalized spacial score (nSPS) is 12.5. The number of carboxylic acids is 1. The monoisotopic (exact) mass is 272 g/mol. The highest BCUT2D eigenvalue weighted by Gasteiger charge is 2.06. The average Bonchev–Trinajstić information content (AvgIpc) is 2.44. The summed E-state index contributed by atoms with van der Waals surface area (Å²) in [4.78, 5) is 10.9. The fraction of sp³-hybridized carbons (Fsp3) is 0.353. The SMILES string of the molecule is CCCOC(C)Cc1ccc2cc(C(=O)O)ccc2c1. The van der Waals surface area contributed by atoms with Gasteiger partial charge in [0.05, 0.1) is 11.7 Å². The first-order valence-corrected chi connectivity index (χ1v) is 6.97. The Morgan fingerprint density at radius 1 is 1.20 bits per heavy atom. The van der Waals surface area contributed by atoms with Gasteiger partial charge in [-0.2, -0.15) is 0 Å². The smallest absolute Gasteiger partial charge is 0.335 e. The van der Waals surface area contributed by atoms with E-state index >= 15 is 0 Å². The zero-order valence-electron chi connectivity index (χ0n) is 11.9. The van der Waals surface area contributed by atoms with Crippen molar-refractivity contribution < 1.29 is 14.6 Å². The summed E-state index contributed by atoms with van der Waals surface area (Å²) in [6.45, 7) is 4.97. The molecule has 0 saturated heterocycles. The number of hydrogen-bond acceptors (Lipinski definition) is 2. The molecule has 0 aliphatic carbocycles. The lowest BCUT2D eigenvalue weighted by Gasteiger charge is -2.13. The second-order valence-electron chi connectivity index (χ2n) is 5.09. The summed E-state index contributed by atoms with van der Waals surface area (Å²) in [7, 11) is 0. The van der Waals surface area contributed by atoms with Crippen LogP contribution in [-0.4, -0.2) is 23.8 Å². The van der Waals surface area contributed by atoms with Gasteiger partial charge >= 0.3 is 5.97 Å². The summed E-state index contributed by atoms with van der Waals surface area (Å²) in [5.74, 6) is -0.891. The lowest BCUT2D eigenvalue weighted by molar-refractivity contribution is 0.0669. The van der Waals surface area contributed by atoms with Gasteiger partial charge in [0, 0.05) is 6.61 Å². The highest BCUT2D eigenvalue weighted by Crippen LogP contribution is 2.19. The van der Waals surface area contributed by atoms with Gasteiger partial charge in [-0.3, -0.25) is 0 Å². The molecule has 0 aliphatic rings. The van der Waals surface area contributed by atoms with E-state index in [1.54, 1.807) is 12.1 Å². The Kier molecular flexibility index (Phi) is 4.74. The summed E-state index contributed by atoms with van der Waals surface area (Å²) >= 11 is 0. The number of fused-ring (bicyclic) bond motifs is 1. The van der Waals surface area contributed by atoms with Gasteiger partial charge in [-0.1, -0.05) is 31.2 Å². The molecule has 0 saturated carbocycles. The van der Waals surface area contributed by atoms with Crippen LogP contribution >= 0.6 is 0 Å². The number of rotatable bonds is 6. The van der Waals surface area contributed by atoms with Crippen molar-refractivity contribution in [2.75, 3.05) is 6.61 Å². The molecule has 3 nitrogen and oxygen atoms in total. The van der Waals surface area contributed by atoms with E-state index in [0.29, 0.717) is 5.56 Å². The molecule has 2 aromatic rings. The summed E-state index contributed by atoms with van der Waals surface area (Å²) in [5.41, 5.74) is 1.54. The highest BCUT2D eigenvalue weighted by atomic mass is 16.5. The summed E-state index contributed by atoms with van der Waals surface area (Å²) < 4.78 is 5.68. The van der Waals surface area contributed by atoms with Crippen LogP contribution in [0.3, 0.4) is 0 Å². The predicted molar refractivity (Wildman–Crippen MR) is 80.3 cm³/mol. The molecule has 0 aromatic heterocycles. The van der Waals surface area contributed by atoms with Crippen LogP contribution in [0.2, 0.25) is 0 Å². The van der Waals surface area contributed by atoms with Crippen molar-refractivity contribution in [1.82, 2.24) is 0 Å². The minimum absolute atomic E-state index is 0.200. The minimum Gasteiger partial charge on any atom is -0.478 e. The van der Waals surface area contributed by atoms with E-state index in [1.807, 2.05) is 18.2 Å². The molecule has 0 spiro atoms. The van der Waals surface area contributed by atoms with Crippen molar-refractivity contribution in [1.29, 1.82) is 0 Å². The van der Waals surface area contributed by atoms with E-state index < -0.39 is 5.97 Å². The third kappa shape index (κ3) is 3.58. The molecule has 0 bridgehead atoms. The van der Waals surface area contributed by atoms with Gasteiger partial charge in [0.2, 0.25) is 0 Å². The average molecular weight is 272 g/mol. The number of hydrogen-bond donors (Lipinski definition) is 1. The molecule has 1 unspecified atom stereocenters. The predicted octanol–water partition coefficient (Wildman–Crippen LogP) is 3.90. The van der Waals surface area contributed by atoms with Crippen LogP contribution in [0.5, 0.6) is 0 Å². The van der Waals surface area contributed by atoms with Crippen molar-refractivity contribution in [3.8, 4) is 0 Å². The minimum atomic E-state index is -0.891. The molecule has 2 aromatic carbocycles. The molecular formula is C17H20O3. The Labute approximate surface area is 119 Å². The quantitative estimate of drug-likeness (QED) is 0.867. The van der Waals surface area contributed by atoms with E-state index in [-0.39, 0.29) is 6.10 Å². The maximum Gasteiger partial charge on any atom is 0.335 e. The van der Waals surface area contributed by atoms with Gasteiger partial charge in [0.1, 0.15) is 0 Å². The number of carbonyl (C=O) groups is 1. The van der Waals surface area contributed by atoms with Crippen molar-refractivity contribution in [2.24, 2.45) is 0 Å². The van der Waals surface area contributed by atoms with E-state index in [2.05, 4.69) is 19.9 Å². The Balaban J connectivity index is 2.17. The fourth-order valence-electron chi connectivity index (χ4n) is 2.27. The Morgan fingerprint density at radius 3 is 2.60 bits per heavy atom. The van der Waals surface area contributed by atoms with E-state index in [4.69, 9.17) is 9.84 Å². The molecule has 20 heavy (non-hydrogen) atoms. The second-order valence-corrected chi connectivity index (χ2v) is 5.09. The zero-order valence-corrected chi connectivity index (χ0v) is 11.9. The molecule has 0 heterocycles. The maximum atomic E-state index is 10.9. The van der Waals surface area contributed by atoms with Crippen LogP contribution in [0, 0.1) is 0 Å². The first kappa shape index (κ1) is 14.5. The van der Waals surface area contributed by atoms with Crippen LogP contribution in [0.25, 0.3) is 10.8 Å². The van der Waals surface area contributed by atoms with Gasteiger partial charge in [0.25, 0.3) is 0 Å². The molecule has 0 radical (unpaired) electrons. The maximum absolute atomic E-state index is 10.9. The van der Waals surface area contributed by atoms with E-state index in [0.717, 1.165) is 30.2 Å². The number of aromatic carboxylic acids is 1. The largest absolute Gasteiger partial charge is 0.478 e. The molecule has 2 rings (SSSR count). The van der Waals surface area contributed by atoms with E-state index in [1.165, 1.54) is 5.56 Å². The van der Waals surface area contributed by atoms with Gasteiger partial charge in [0.15, 0.2) is 0 Å². The third-order valence-corrected chi connectivity index (χ3v) is 3.28. The van der Waals surface area contributed by atoms with Crippen LogP contribution in [0.1, 0.15) is 36.2 Å². The second kappa shape index (κ2) is 6.53. The molecule has 1 N–H and O–H groups in total. The molecule has 106 valence electrons. The van der Waals surface area contributed by atoms with Crippen molar-refractivity contribution in [3.05, 3.63) is 47.5 Å². The Hall–Kier alpha value is -1.87. The topological polar surface area (TPSA) is 46.5 Å². The lowest BCUT2D eigenvalue weighted by Crippen LogP contribution is -2.12. The molecule has 3 heteroatoms. The zero-order chi connectivity index (χ0) is 14.5. The summed E-state index contributed by atoms with van der Waals surface area (Å²) in [6, 6.07) is 11.3. The van der Waals surface area contributed by atoms with Crippen LogP contribution in [0.15, 0.2) is 36.4 Å². The Morgan fingerprint density at radius 2 is 1.90 bits per heavy atom. The van der Waals surface area contributed by atoms with Gasteiger partial charge in [-0.25, -0.2) is 4.79 Å². The van der Waals surface area contributed by atoms with Crippen LogP contribution in [-0.2, 0) is 11.2 Å². The number of benzene rings is 2. The van der Waals surface area contributed by atoms with Crippen LogP contribution < -0.4 is 0 Å². The lowest BCUT2D eigenvalue weighted by atomic mass is 10.0. The Bertz CT molecular complexity index is 604. The molecular weight excluding hydrogens is 252 g/mol. The number of carboxylic acid groups (broad SMARTS) is 1. The standard InChI is InChI=1S/C17H20O3/c1-3-8-20-12(2)9-13-4-5-15-11-16(17(18)19)7-6-14(15)10-13/h4-7,10-12H,3,8-9H2,1-2H3,(H,18,19). The van der Waals surface area contributed by atoms with Crippen LogP contribution in [0.4, 0.5) is 0 Å². The van der Waals surface area contributed by atoms with E-state index in [9.17, 15) is 4.79 Å². The molecule has 1 atom stereocenters. The van der Waals surface area contributed by atoms with Gasteiger partial charge in [-0.15, -0.1) is 0 Å². The third-order valence-electron chi connectivity index (χ3n) is 3.28. The number of ether oxygens (including phenoxy) is 1. The van der Waals surface area contributed by atoms with Crippen molar-refractivity contribution in [3.63, 3.8) is 0 Å².